The van der Waals surface area contributed by atoms with Gasteiger partial charge in [-0.25, -0.2) is 0 Å². The van der Waals surface area contributed by atoms with Crippen LogP contribution in [-0.2, 0) is 4.74 Å². The average molecular weight is 171 g/mol. The van der Waals surface area contributed by atoms with Gasteiger partial charge in [-0.1, -0.05) is 0 Å². The summed E-state index contributed by atoms with van der Waals surface area (Å²) in [7, 11) is 0. The van der Waals surface area contributed by atoms with Crippen LogP contribution in [-0.4, -0.2) is 28.8 Å². The van der Waals surface area contributed by atoms with E-state index < -0.39 is 0 Å². The van der Waals surface area contributed by atoms with Crippen molar-refractivity contribution in [3.63, 3.8) is 0 Å². The summed E-state index contributed by atoms with van der Waals surface area (Å²) < 4.78 is 5.72. The second-order valence-electron chi connectivity index (χ2n) is 5.15. The van der Waals surface area contributed by atoms with Crippen molar-refractivity contribution in [2.24, 2.45) is 0 Å². The molecule has 0 aliphatic carbocycles. The lowest BCUT2D eigenvalue weighted by Gasteiger charge is -2.42. The number of ether oxygens (including phenoxy) is 1. The highest BCUT2D eigenvalue weighted by molar-refractivity contribution is 4.92. The van der Waals surface area contributed by atoms with Crippen LogP contribution in [0, 0.1) is 0 Å². The molecule has 2 heteroatoms. The van der Waals surface area contributed by atoms with Gasteiger partial charge in [0.05, 0.1) is 6.61 Å². The van der Waals surface area contributed by atoms with E-state index in [1.807, 2.05) is 0 Å². The predicted molar refractivity (Wildman–Crippen MR) is 51.1 cm³/mol. The van der Waals surface area contributed by atoms with Gasteiger partial charge in [-0.15, -0.1) is 0 Å². The van der Waals surface area contributed by atoms with E-state index in [-0.39, 0.29) is 11.3 Å². The summed E-state index contributed by atoms with van der Waals surface area (Å²) in [6.07, 6.45) is 0. The van der Waals surface area contributed by atoms with Crippen LogP contribution in [0.2, 0.25) is 0 Å². The summed E-state index contributed by atoms with van der Waals surface area (Å²) in [6, 6.07) is 0.528. The molecule has 0 N–H and O–H groups in total. The first-order chi connectivity index (χ1) is 5.25. The molecule has 0 amide bonds. The predicted octanol–water partition coefficient (Wildman–Crippen LogP) is 2.24. The number of rotatable bonds is 0. The molecule has 0 saturated carbocycles. The molecule has 1 fully saturated rings. The van der Waals surface area contributed by atoms with Crippen LogP contribution >= 0.6 is 0 Å². The Bertz CT molecular complexity index is 169. The Kier molecular flexibility index (Phi) is 2.26. The van der Waals surface area contributed by atoms with Gasteiger partial charge in [0.15, 0.2) is 0 Å². The van der Waals surface area contributed by atoms with Gasteiger partial charge < -0.3 is 4.74 Å². The van der Waals surface area contributed by atoms with E-state index in [0.29, 0.717) is 6.04 Å². The van der Waals surface area contributed by atoms with E-state index in [4.69, 9.17) is 4.74 Å². The molecule has 0 aromatic heterocycles. The Balaban J connectivity index is 2.86. The third-order valence-corrected chi connectivity index (χ3v) is 2.42. The molecule has 1 atom stereocenters. The minimum atomic E-state index is -0.0995. The van der Waals surface area contributed by atoms with E-state index in [0.717, 1.165) is 6.61 Å². The standard InChI is InChI=1S/C10H21NO/c1-8-7-12-10(5,6)11(8)9(2,3)4/h8H,7H2,1-6H3/t8-/m1/s1. The second-order valence-corrected chi connectivity index (χ2v) is 5.15. The fourth-order valence-corrected chi connectivity index (χ4v) is 2.47. The molecule has 1 saturated heterocycles. The highest BCUT2D eigenvalue weighted by Crippen LogP contribution is 2.33. The van der Waals surface area contributed by atoms with Gasteiger partial charge in [-0.3, -0.25) is 4.90 Å². The first-order valence-electron chi connectivity index (χ1n) is 4.68. The molecule has 0 unspecified atom stereocenters. The van der Waals surface area contributed by atoms with Crippen LogP contribution in [0.5, 0.6) is 0 Å². The Hall–Kier alpha value is -0.0800. The summed E-state index contributed by atoms with van der Waals surface area (Å²) in [4.78, 5) is 2.43. The molecule has 0 bridgehead atoms. The normalized spacial score (nSPS) is 31.0. The van der Waals surface area contributed by atoms with Gasteiger partial charge in [0.25, 0.3) is 0 Å². The summed E-state index contributed by atoms with van der Waals surface area (Å²) in [5.74, 6) is 0. The van der Waals surface area contributed by atoms with Crippen molar-refractivity contribution < 1.29 is 4.74 Å². The van der Waals surface area contributed by atoms with Crippen molar-refractivity contribution in [1.82, 2.24) is 4.90 Å². The summed E-state index contributed by atoms with van der Waals surface area (Å²) in [6.45, 7) is 14.1. The van der Waals surface area contributed by atoms with Crippen LogP contribution in [0.4, 0.5) is 0 Å². The van der Waals surface area contributed by atoms with Crippen molar-refractivity contribution in [3.05, 3.63) is 0 Å². The molecule has 0 aromatic rings. The monoisotopic (exact) mass is 171 g/mol. The Labute approximate surface area is 75.9 Å². The van der Waals surface area contributed by atoms with E-state index in [1.165, 1.54) is 0 Å². The highest BCUT2D eigenvalue weighted by atomic mass is 16.5. The van der Waals surface area contributed by atoms with Crippen LogP contribution in [0.15, 0.2) is 0 Å². The molecule has 0 spiro atoms. The molecule has 72 valence electrons. The van der Waals surface area contributed by atoms with Gasteiger partial charge >= 0.3 is 0 Å². The summed E-state index contributed by atoms with van der Waals surface area (Å²) in [5, 5.41) is 0. The zero-order chi connectivity index (χ0) is 9.57. The quantitative estimate of drug-likeness (QED) is 0.554. The zero-order valence-electron chi connectivity index (χ0n) is 9.14. The molecule has 1 aliphatic heterocycles. The highest BCUT2D eigenvalue weighted by Gasteiger charge is 2.44. The lowest BCUT2D eigenvalue weighted by molar-refractivity contribution is -0.0903. The van der Waals surface area contributed by atoms with Crippen molar-refractivity contribution in [2.75, 3.05) is 6.61 Å². The van der Waals surface area contributed by atoms with Crippen molar-refractivity contribution in [3.8, 4) is 0 Å². The molecule has 1 heterocycles. The van der Waals surface area contributed by atoms with E-state index in [9.17, 15) is 0 Å². The lowest BCUT2D eigenvalue weighted by Crippen LogP contribution is -2.53. The molecule has 12 heavy (non-hydrogen) atoms. The number of hydrogen-bond acceptors (Lipinski definition) is 2. The molecule has 1 rings (SSSR count). The fourth-order valence-electron chi connectivity index (χ4n) is 2.47. The average Bonchev–Trinajstić information content (AvgIpc) is 2.03. The molecule has 2 nitrogen and oxygen atoms in total. The largest absolute Gasteiger partial charge is 0.359 e. The van der Waals surface area contributed by atoms with Crippen LogP contribution in [0.3, 0.4) is 0 Å². The number of nitrogens with zero attached hydrogens (tertiary/aromatic N) is 1. The maximum Gasteiger partial charge on any atom is 0.116 e. The van der Waals surface area contributed by atoms with Crippen molar-refractivity contribution in [1.29, 1.82) is 0 Å². The van der Waals surface area contributed by atoms with Gasteiger partial charge in [0, 0.05) is 11.6 Å². The topological polar surface area (TPSA) is 12.5 Å². The van der Waals surface area contributed by atoms with Gasteiger partial charge in [0.1, 0.15) is 5.72 Å². The van der Waals surface area contributed by atoms with E-state index in [2.05, 4.69) is 46.4 Å². The Morgan fingerprint density at radius 3 is 2.00 bits per heavy atom. The Morgan fingerprint density at radius 1 is 1.33 bits per heavy atom. The molecular formula is C10H21NO. The Morgan fingerprint density at radius 2 is 1.83 bits per heavy atom. The van der Waals surface area contributed by atoms with E-state index in [1.54, 1.807) is 0 Å². The lowest BCUT2D eigenvalue weighted by atomic mass is 10.0. The minimum Gasteiger partial charge on any atom is -0.359 e. The van der Waals surface area contributed by atoms with Gasteiger partial charge in [-0.05, 0) is 41.5 Å². The van der Waals surface area contributed by atoms with Crippen molar-refractivity contribution in [2.45, 2.75) is 58.8 Å². The molecular weight excluding hydrogens is 150 g/mol. The summed E-state index contributed by atoms with van der Waals surface area (Å²) in [5.41, 5.74) is 0.0943. The smallest absolute Gasteiger partial charge is 0.116 e. The van der Waals surface area contributed by atoms with Crippen molar-refractivity contribution >= 4 is 0 Å². The van der Waals surface area contributed by atoms with Crippen LogP contribution in [0.1, 0.15) is 41.5 Å². The maximum absolute atomic E-state index is 5.72. The SMILES string of the molecule is C[C@@H]1COC(C)(C)N1C(C)(C)C. The van der Waals surface area contributed by atoms with E-state index >= 15 is 0 Å². The van der Waals surface area contributed by atoms with Gasteiger partial charge in [0.2, 0.25) is 0 Å². The van der Waals surface area contributed by atoms with Crippen LogP contribution in [0.25, 0.3) is 0 Å². The molecule has 0 radical (unpaired) electrons. The maximum atomic E-state index is 5.72. The molecule has 0 aromatic carbocycles. The first-order valence-corrected chi connectivity index (χ1v) is 4.68. The first kappa shape index (κ1) is 10.0. The van der Waals surface area contributed by atoms with Gasteiger partial charge in [-0.2, -0.15) is 0 Å². The third-order valence-electron chi connectivity index (χ3n) is 2.42. The fraction of sp³-hybridized carbons (Fsp3) is 1.00. The molecule has 1 aliphatic rings. The third kappa shape index (κ3) is 1.64. The minimum absolute atomic E-state index is 0.0995. The zero-order valence-corrected chi connectivity index (χ0v) is 9.14. The number of hydrogen-bond donors (Lipinski definition) is 0. The second kappa shape index (κ2) is 2.71. The van der Waals surface area contributed by atoms with Crippen LogP contribution < -0.4 is 0 Å². The summed E-state index contributed by atoms with van der Waals surface area (Å²) >= 11 is 0.